The average Bonchev–Trinajstić information content (AvgIpc) is 3.21. The van der Waals surface area contributed by atoms with Crippen LogP contribution < -0.4 is 29.1 Å². The number of allylic oxidation sites excluding steroid dienone is 1. The first-order chi connectivity index (χ1) is 18.3. The molecule has 10 heteroatoms. The third kappa shape index (κ3) is 5.25. The average molecular weight is 555 g/mol. The van der Waals surface area contributed by atoms with Crippen molar-refractivity contribution in [2.75, 3.05) is 27.4 Å². The molecule has 0 aliphatic carbocycles. The molecule has 0 N–H and O–H groups in total. The second kappa shape index (κ2) is 11.7. The van der Waals surface area contributed by atoms with Crippen molar-refractivity contribution < 1.29 is 23.7 Å². The van der Waals surface area contributed by atoms with Crippen LogP contribution in [0, 0.1) is 0 Å². The lowest BCUT2D eigenvalue weighted by Crippen LogP contribution is -2.40. The van der Waals surface area contributed by atoms with E-state index < -0.39 is 12.0 Å². The van der Waals surface area contributed by atoms with Crippen molar-refractivity contribution >= 4 is 35.0 Å². The van der Waals surface area contributed by atoms with Gasteiger partial charge < -0.3 is 18.9 Å². The summed E-state index contributed by atoms with van der Waals surface area (Å²) in [5.41, 5.74) is 1.64. The minimum Gasteiger partial charge on any atom is -0.496 e. The molecule has 0 bridgehead atoms. The molecular formula is C28H27ClN2O6S. The molecule has 0 amide bonds. The monoisotopic (exact) mass is 554 g/mol. The van der Waals surface area contributed by atoms with Gasteiger partial charge in [0.2, 0.25) is 0 Å². The van der Waals surface area contributed by atoms with Crippen LogP contribution in [0.5, 0.6) is 17.2 Å². The van der Waals surface area contributed by atoms with Gasteiger partial charge >= 0.3 is 5.97 Å². The van der Waals surface area contributed by atoms with Gasteiger partial charge in [0, 0.05) is 10.6 Å². The Morgan fingerprint density at radius 2 is 1.92 bits per heavy atom. The summed E-state index contributed by atoms with van der Waals surface area (Å²) in [5, 5.41) is 0.434. The molecule has 8 nitrogen and oxygen atoms in total. The molecule has 1 aromatic heterocycles. The number of aromatic nitrogens is 1. The molecular weight excluding hydrogens is 528 g/mol. The van der Waals surface area contributed by atoms with Crippen LogP contribution in [0.3, 0.4) is 0 Å². The summed E-state index contributed by atoms with van der Waals surface area (Å²) in [6.45, 7) is 8.06. The molecule has 0 radical (unpaired) electrons. The Labute approximate surface area is 228 Å². The zero-order valence-electron chi connectivity index (χ0n) is 21.4. The number of methoxy groups -OCH3 is 2. The van der Waals surface area contributed by atoms with Crippen molar-refractivity contribution in [1.29, 1.82) is 0 Å². The number of halogens is 1. The second-order valence-corrected chi connectivity index (χ2v) is 9.64. The summed E-state index contributed by atoms with van der Waals surface area (Å²) in [6.07, 6.45) is 3.41. The summed E-state index contributed by atoms with van der Waals surface area (Å²) in [5.74, 6) is 1.02. The number of rotatable bonds is 9. The quantitative estimate of drug-likeness (QED) is 0.293. The van der Waals surface area contributed by atoms with Gasteiger partial charge in [-0.15, -0.1) is 0 Å². The number of ether oxygens (including phenoxy) is 4. The molecule has 0 saturated carbocycles. The molecule has 0 fully saturated rings. The Balaban J connectivity index is 1.93. The SMILES string of the molecule is C=CCOc1ccc(/C=c2\sc3n(c2=O)[C@@H](c2cc(Cl)ccc2OC)C(C(=O)OC)=C(C)N=3)cc1OCC. The van der Waals surface area contributed by atoms with Gasteiger partial charge in [-0.1, -0.05) is 41.7 Å². The van der Waals surface area contributed by atoms with Gasteiger partial charge in [0.15, 0.2) is 16.3 Å². The molecule has 38 heavy (non-hydrogen) atoms. The van der Waals surface area contributed by atoms with Crippen LogP contribution in [-0.4, -0.2) is 38.0 Å². The van der Waals surface area contributed by atoms with Crippen molar-refractivity contribution in [2.45, 2.75) is 19.9 Å². The number of esters is 1. The lowest BCUT2D eigenvalue weighted by molar-refractivity contribution is -0.136. The number of carbonyl (C=O) groups is 1. The Kier molecular flexibility index (Phi) is 8.38. The van der Waals surface area contributed by atoms with Crippen LogP contribution >= 0.6 is 22.9 Å². The smallest absolute Gasteiger partial charge is 0.338 e. The maximum Gasteiger partial charge on any atom is 0.338 e. The number of carbonyl (C=O) groups excluding carboxylic acids is 1. The maximum atomic E-state index is 13.8. The molecule has 1 aliphatic rings. The normalized spacial score (nSPS) is 15.0. The summed E-state index contributed by atoms with van der Waals surface area (Å²) < 4.78 is 24.0. The van der Waals surface area contributed by atoms with Gasteiger partial charge in [-0.2, -0.15) is 0 Å². The number of hydrogen-bond acceptors (Lipinski definition) is 8. The Morgan fingerprint density at radius 3 is 2.61 bits per heavy atom. The van der Waals surface area contributed by atoms with Crippen LogP contribution in [0.25, 0.3) is 6.08 Å². The van der Waals surface area contributed by atoms with Crippen molar-refractivity contribution in [3.05, 3.63) is 96.2 Å². The molecule has 0 saturated heterocycles. The lowest BCUT2D eigenvalue weighted by Gasteiger charge is -2.25. The fraction of sp³-hybridized carbons (Fsp3) is 0.250. The minimum atomic E-state index is -0.844. The van der Waals surface area contributed by atoms with Crippen LogP contribution in [0.4, 0.5) is 0 Å². The summed E-state index contributed by atoms with van der Waals surface area (Å²) >= 11 is 7.54. The third-order valence-corrected chi connectivity index (χ3v) is 7.05. The number of hydrogen-bond donors (Lipinski definition) is 0. The highest BCUT2D eigenvalue weighted by atomic mass is 35.5. The number of fused-ring (bicyclic) bond motifs is 1. The van der Waals surface area contributed by atoms with Crippen LogP contribution in [0.15, 0.2) is 70.1 Å². The Hall–Kier alpha value is -3.82. The third-order valence-electron chi connectivity index (χ3n) is 5.84. The van der Waals surface area contributed by atoms with Crippen LogP contribution in [-0.2, 0) is 9.53 Å². The molecule has 1 aliphatic heterocycles. The fourth-order valence-corrected chi connectivity index (χ4v) is 5.43. The summed E-state index contributed by atoms with van der Waals surface area (Å²) in [7, 11) is 2.81. The molecule has 0 unspecified atom stereocenters. The van der Waals surface area contributed by atoms with E-state index in [2.05, 4.69) is 11.6 Å². The molecule has 2 aromatic carbocycles. The minimum absolute atomic E-state index is 0.231. The molecule has 198 valence electrons. The fourth-order valence-electron chi connectivity index (χ4n) is 4.21. The first-order valence-corrected chi connectivity index (χ1v) is 13.0. The van der Waals surface area contributed by atoms with E-state index in [1.54, 1.807) is 43.3 Å². The van der Waals surface area contributed by atoms with Gasteiger partial charge in [0.1, 0.15) is 18.4 Å². The highest BCUT2D eigenvalue weighted by molar-refractivity contribution is 7.07. The number of thiazole rings is 1. The van der Waals surface area contributed by atoms with E-state index in [1.807, 2.05) is 19.1 Å². The largest absolute Gasteiger partial charge is 0.496 e. The molecule has 4 rings (SSSR count). The summed E-state index contributed by atoms with van der Waals surface area (Å²) in [6, 6.07) is 9.65. The number of benzene rings is 2. The zero-order valence-corrected chi connectivity index (χ0v) is 23.0. The van der Waals surface area contributed by atoms with Gasteiger partial charge in [0.05, 0.1) is 36.6 Å². The Bertz CT molecular complexity index is 1600. The van der Waals surface area contributed by atoms with Gasteiger partial charge in [-0.25, -0.2) is 9.79 Å². The van der Waals surface area contributed by atoms with Crippen molar-refractivity contribution in [3.8, 4) is 17.2 Å². The second-order valence-electron chi connectivity index (χ2n) is 8.20. The van der Waals surface area contributed by atoms with Crippen LogP contribution in [0.2, 0.25) is 5.02 Å². The highest BCUT2D eigenvalue weighted by Gasteiger charge is 2.35. The first kappa shape index (κ1) is 27.2. The lowest BCUT2D eigenvalue weighted by atomic mass is 9.95. The van der Waals surface area contributed by atoms with Crippen LogP contribution in [0.1, 0.15) is 31.0 Å². The van der Waals surface area contributed by atoms with Crippen molar-refractivity contribution in [1.82, 2.24) is 4.57 Å². The van der Waals surface area contributed by atoms with E-state index in [9.17, 15) is 9.59 Å². The van der Waals surface area contributed by atoms with E-state index in [4.69, 9.17) is 30.5 Å². The van der Waals surface area contributed by atoms with E-state index in [-0.39, 0.29) is 11.1 Å². The van der Waals surface area contributed by atoms with E-state index >= 15 is 0 Å². The van der Waals surface area contributed by atoms with E-state index in [0.717, 1.165) is 5.56 Å². The molecule has 0 spiro atoms. The number of nitrogens with zero attached hydrogens (tertiary/aromatic N) is 2. The predicted octanol–water partition coefficient (Wildman–Crippen LogP) is 4.03. The van der Waals surface area contributed by atoms with Crippen molar-refractivity contribution in [2.24, 2.45) is 4.99 Å². The molecule has 2 heterocycles. The highest BCUT2D eigenvalue weighted by Crippen LogP contribution is 2.37. The Morgan fingerprint density at radius 1 is 1.16 bits per heavy atom. The van der Waals surface area contributed by atoms with Gasteiger partial charge in [-0.05, 0) is 55.8 Å². The topological polar surface area (TPSA) is 88.4 Å². The van der Waals surface area contributed by atoms with Gasteiger partial charge in [0.25, 0.3) is 5.56 Å². The van der Waals surface area contributed by atoms with Gasteiger partial charge in [-0.3, -0.25) is 9.36 Å². The standard InChI is InChI=1S/C28H27ClN2O6S/c1-6-12-37-21-10-8-17(13-22(21)36-7-2)14-23-26(32)31-25(19-15-18(29)9-11-20(19)34-4)24(27(33)35-5)16(3)30-28(31)38-23/h6,8-11,13-15,25H,1,7,12H2,2-5H3/b23-14-/t25-/m0/s1. The zero-order chi connectivity index (χ0) is 27.4. The predicted molar refractivity (Wildman–Crippen MR) is 147 cm³/mol. The van der Waals surface area contributed by atoms with Crippen molar-refractivity contribution in [3.63, 3.8) is 0 Å². The maximum absolute atomic E-state index is 13.8. The molecule has 3 aromatic rings. The summed E-state index contributed by atoms with van der Waals surface area (Å²) in [4.78, 5) is 31.8. The van der Waals surface area contributed by atoms with E-state index in [0.29, 0.717) is 56.1 Å². The van der Waals surface area contributed by atoms with E-state index in [1.165, 1.54) is 30.1 Å². The molecule has 1 atom stereocenters. The first-order valence-electron chi connectivity index (χ1n) is 11.8.